The van der Waals surface area contributed by atoms with Crippen molar-refractivity contribution in [2.24, 2.45) is 0 Å². The molecule has 6 rings (SSSR count). The van der Waals surface area contributed by atoms with E-state index in [4.69, 9.17) is 0 Å². The lowest BCUT2D eigenvalue weighted by Gasteiger charge is -2.49. The van der Waals surface area contributed by atoms with Crippen molar-refractivity contribution in [1.29, 1.82) is 0 Å². The second-order valence-electron chi connectivity index (χ2n) is 9.93. The van der Waals surface area contributed by atoms with Crippen molar-refractivity contribution in [2.75, 3.05) is 0 Å². The van der Waals surface area contributed by atoms with Crippen molar-refractivity contribution in [3.63, 3.8) is 0 Å². The van der Waals surface area contributed by atoms with Crippen LogP contribution in [0.1, 0.15) is 68.4 Å². The highest BCUT2D eigenvalue weighted by atomic mass is 31.2. The molecule has 0 aromatic heterocycles. The smallest absolute Gasteiger partial charge is 0.132 e. The third-order valence-corrected chi connectivity index (χ3v) is 14.4. The third kappa shape index (κ3) is 5.88. The molecule has 4 aromatic carbocycles. The van der Waals surface area contributed by atoms with E-state index in [0.717, 1.165) is 25.7 Å². The van der Waals surface area contributed by atoms with Gasteiger partial charge in [0.1, 0.15) is 11.6 Å². The molecule has 2 aliphatic rings. The molecule has 1 aliphatic carbocycles. The molecular formula is C34H37F2NP2. The van der Waals surface area contributed by atoms with E-state index in [1.807, 2.05) is 38.1 Å². The first kappa shape index (κ1) is 28.1. The van der Waals surface area contributed by atoms with Crippen LogP contribution in [0.2, 0.25) is 0 Å². The second kappa shape index (κ2) is 13.3. The quantitative estimate of drug-likeness (QED) is 0.204. The lowest BCUT2D eigenvalue weighted by Crippen LogP contribution is -2.40. The van der Waals surface area contributed by atoms with E-state index in [1.165, 1.54) is 29.7 Å². The van der Waals surface area contributed by atoms with Gasteiger partial charge in [0.15, 0.2) is 0 Å². The Morgan fingerprint density at radius 2 is 1.00 bits per heavy atom. The lowest BCUT2D eigenvalue weighted by atomic mass is 9.94. The van der Waals surface area contributed by atoms with Crippen LogP contribution in [0.15, 0.2) is 109 Å². The fourth-order valence-electron chi connectivity index (χ4n) is 5.74. The topological polar surface area (TPSA) is 3.24 Å². The van der Waals surface area contributed by atoms with Gasteiger partial charge in [-0.3, -0.25) is 0 Å². The summed E-state index contributed by atoms with van der Waals surface area (Å²) in [4.78, 5) is 0. The predicted octanol–water partition coefficient (Wildman–Crippen LogP) is 9.87. The zero-order valence-electron chi connectivity index (χ0n) is 22.8. The maximum Gasteiger partial charge on any atom is 0.132 e. The van der Waals surface area contributed by atoms with Crippen LogP contribution in [-0.2, 0) is 0 Å². The van der Waals surface area contributed by atoms with Crippen molar-refractivity contribution in [3.05, 3.63) is 132 Å². The standard InChI is InChI=1S/C32H31F2NP2.C2H6/c33-27-18-7-9-20-31(27)37(32-21-10-8-19-28(32)34)35(26-16-11-17-26)36-29(24-12-3-1-4-13-24)22-23-30(36)25-14-5-2-6-15-25;1-2/h1-10,12-15,18-21,26,29-30H,11,16-17,22-23H2;1-2H3/t29-,30-;/m1./s1. The lowest BCUT2D eigenvalue weighted by molar-refractivity contribution is 0.314. The minimum Gasteiger partial charge on any atom is -0.248 e. The van der Waals surface area contributed by atoms with Crippen LogP contribution >= 0.6 is 16.1 Å². The number of nitrogens with zero attached hydrogens (tertiary/aromatic N) is 1. The molecule has 0 bridgehead atoms. The molecule has 4 aromatic rings. The number of hydrogen-bond donors (Lipinski definition) is 0. The fourth-order valence-corrected chi connectivity index (χ4v) is 13.6. The predicted molar refractivity (Wildman–Crippen MR) is 164 cm³/mol. The van der Waals surface area contributed by atoms with Crippen molar-refractivity contribution in [2.45, 2.75) is 63.3 Å². The molecular weight excluding hydrogens is 522 g/mol. The van der Waals surface area contributed by atoms with Gasteiger partial charge >= 0.3 is 0 Å². The van der Waals surface area contributed by atoms with E-state index in [-0.39, 0.29) is 11.6 Å². The molecule has 0 spiro atoms. The largest absolute Gasteiger partial charge is 0.248 e. The summed E-state index contributed by atoms with van der Waals surface area (Å²) in [6.07, 6.45) is 5.54. The van der Waals surface area contributed by atoms with Gasteiger partial charge in [-0.25, -0.2) is 13.2 Å². The molecule has 1 saturated heterocycles. The molecule has 1 nitrogen and oxygen atoms in total. The molecule has 0 amide bonds. The molecule has 39 heavy (non-hydrogen) atoms. The van der Waals surface area contributed by atoms with Crippen LogP contribution in [0.25, 0.3) is 0 Å². The highest BCUT2D eigenvalue weighted by Gasteiger charge is 2.48. The molecule has 2 atom stereocenters. The molecule has 1 saturated carbocycles. The zero-order chi connectivity index (χ0) is 27.2. The summed E-state index contributed by atoms with van der Waals surface area (Å²) in [6, 6.07) is 36.1. The van der Waals surface area contributed by atoms with Gasteiger partial charge in [-0.15, -0.1) is 0 Å². The van der Waals surface area contributed by atoms with Crippen molar-refractivity contribution in [1.82, 2.24) is 4.44 Å². The van der Waals surface area contributed by atoms with Crippen LogP contribution < -0.4 is 10.6 Å². The Balaban J connectivity index is 0.00000151. The summed E-state index contributed by atoms with van der Waals surface area (Å²) in [7, 11) is -2.15. The Morgan fingerprint density at radius 3 is 1.38 bits per heavy atom. The summed E-state index contributed by atoms with van der Waals surface area (Å²) in [5, 5.41) is 1.28. The Labute approximate surface area is 234 Å². The highest BCUT2D eigenvalue weighted by molar-refractivity contribution is 7.79. The van der Waals surface area contributed by atoms with Crippen molar-refractivity contribution in [3.8, 4) is 0 Å². The maximum atomic E-state index is 15.6. The normalized spacial score (nSPS) is 19.5. The highest BCUT2D eigenvalue weighted by Crippen LogP contribution is 2.77. The molecule has 1 aliphatic heterocycles. The van der Waals surface area contributed by atoms with E-state index in [9.17, 15) is 0 Å². The summed E-state index contributed by atoms with van der Waals surface area (Å²) >= 11 is 0. The minimum atomic E-state index is -1.38. The van der Waals surface area contributed by atoms with Gasteiger partial charge in [0.05, 0.1) is 0 Å². The number of hydrogen-bond acceptors (Lipinski definition) is 1. The Kier molecular flexibility index (Phi) is 9.57. The van der Waals surface area contributed by atoms with Gasteiger partial charge in [0.25, 0.3) is 0 Å². The maximum absolute atomic E-state index is 15.6. The van der Waals surface area contributed by atoms with E-state index in [1.54, 1.807) is 12.1 Å². The van der Waals surface area contributed by atoms with Gasteiger partial charge in [-0.2, -0.15) is 0 Å². The van der Waals surface area contributed by atoms with Gasteiger partial charge < -0.3 is 0 Å². The van der Waals surface area contributed by atoms with Gasteiger partial charge in [0, 0.05) is 36.0 Å². The molecule has 0 unspecified atom stereocenters. The Bertz CT molecular complexity index is 1240. The molecule has 5 heteroatoms. The number of halogens is 2. The SMILES string of the molecule is CC.Fc1ccccc1P(c1ccccc1F)N(C1CCC1)P1[C@@H](c2ccccc2)CC[C@@H]1c1ccccc1. The molecule has 0 N–H and O–H groups in total. The number of benzene rings is 4. The first-order chi connectivity index (χ1) is 19.2. The van der Waals surface area contributed by atoms with Gasteiger partial charge in [0.2, 0.25) is 0 Å². The van der Waals surface area contributed by atoms with Gasteiger partial charge in [-0.05, 0) is 69.1 Å². The molecule has 2 fully saturated rings. The molecule has 0 radical (unpaired) electrons. The van der Waals surface area contributed by atoms with Crippen LogP contribution in [0, 0.1) is 11.6 Å². The summed E-state index contributed by atoms with van der Waals surface area (Å²) in [6.45, 7) is 4.00. The van der Waals surface area contributed by atoms with E-state index >= 15 is 8.78 Å². The van der Waals surface area contributed by atoms with E-state index < -0.39 is 16.1 Å². The van der Waals surface area contributed by atoms with Crippen molar-refractivity contribution < 1.29 is 8.78 Å². The summed E-state index contributed by atoms with van der Waals surface area (Å²) in [5.41, 5.74) is 3.44. The van der Waals surface area contributed by atoms with Crippen LogP contribution in [0.3, 0.4) is 0 Å². The van der Waals surface area contributed by atoms with E-state index in [2.05, 4.69) is 65.1 Å². The Morgan fingerprint density at radius 1 is 0.590 bits per heavy atom. The Hall–Kier alpha value is -2.44. The number of rotatable bonds is 7. The first-order valence-corrected chi connectivity index (χ1v) is 16.9. The van der Waals surface area contributed by atoms with Gasteiger partial charge in [-0.1, -0.05) is 105 Å². The minimum absolute atomic E-state index is 0.233. The molecule has 1 heterocycles. The third-order valence-electron chi connectivity index (χ3n) is 7.72. The van der Waals surface area contributed by atoms with Crippen LogP contribution in [0.4, 0.5) is 8.78 Å². The van der Waals surface area contributed by atoms with Crippen LogP contribution in [0.5, 0.6) is 0 Å². The van der Waals surface area contributed by atoms with Crippen molar-refractivity contribution >= 4 is 26.8 Å². The second-order valence-corrected chi connectivity index (χ2v) is 14.7. The summed E-state index contributed by atoms with van der Waals surface area (Å²) in [5.74, 6) is -0.467. The zero-order valence-corrected chi connectivity index (χ0v) is 24.5. The fraction of sp³-hybridized carbons (Fsp3) is 0.294. The molecule has 202 valence electrons. The van der Waals surface area contributed by atoms with E-state index in [0.29, 0.717) is 28.0 Å². The summed E-state index contributed by atoms with van der Waals surface area (Å²) < 4.78 is 33.9. The first-order valence-electron chi connectivity index (χ1n) is 14.2. The van der Waals surface area contributed by atoms with Crippen LogP contribution in [-0.4, -0.2) is 10.5 Å². The average Bonchev–Trinajstić information content (AvgIpc) is 3.40. The monoisotopic (exact) mass is 559 g/mol. The average molecular weight is 560 g/mol.